The number of benzene rings is 3. The van der Waals surface area contributed by atoms with Crippen LogP contribution in [0.5, 0.6) is 5.75 Å². The Bertz CT molecular complexity index is 1680. The number of anilines is 3. The first-order valence-electron chi connectivity index (χ1n) is 14.3. The van der Waals surface area contributed by atoms with Gasteiger partial charge in [0, 0.05) is 42.9 Å². The molecule has 43 heavy (non-hydrogen) atoms. The van der Waals surface area contributed by atoms with Gasteiger partial charge in [0.2, 0.25) is 0 Å². The summed E-state index contributed by atoms with van der Waals surface area (Å²) in [6, 6.07) is 22.3. The number of para-hydroxylation sites is 3. The van der Waals surface area contributed by atoms with Crippen molar-refractivity contribution in [3.63, 3.8) is 0 Å². The third-order valence-electron chi connectivity index (χ3n) is 7.96. The van der Waals surface area contributed by atoms with E-state index in [1.807, 2.05) is 85.8 Å². The van der Waals surface area contributed by atoms with Crippen LogP contribution < -0.4 is 14.5 Å². The SMILES string of the molecule is C[C@H](/C=C/CCn1cc(CCO)nn1)[C@@]1(O)C(=O)N(Cc2cccc(N3C(=O)COc4ccccc43)c2)c2ccccc21. The van der Waals surface area contributed by atoms with Crippen molar-refractivity contribution in [3.05, 3.63) is 108 Å². The fourth-order valence-electron chi connectivity index (χ4n) is 5.74. The van der Waals surface area contributed by atoms with E-state index in [-0.39, 0.29) is 25.7 Å². The Morgan fingerprint density at radius 1 is 1.05 bits per heavy atom. The Kier molecular flexibility index (Phi) is 7.79. The van der Waals surface area contributed by atoms with Gasteiger partial charge in [-0.25, -0.2) is 0 Å². The van der Waals surface area contributed by atoms with Gasteiger partial charge in [-0.05, 0) is 42.3 Å². The topological polar surface area (TPSA) is 121 Å². The number of aliphatic hydroxyl groups is 2. The molecule has 10 nitrogen and oxygen atoms in total. The van der Waals surface area contributed by atoms with Crippen molar-refractivity contribution < 1.29 is 24.5 Å². The van der Waals surface area contributed by atoms with Crippen LogP contribution in [0.25, 0.3) is 0 Å². The van der Waals surface area contributed by atoms with E-state index in [9.17, 15) is 14.7 Å². The average Bonchev–Trinajstić information content (AvgIpc) is 3.56. The molecule has 2 aliphatic rings. The molecule has 0 spiro atoms. The predicted molar refractivity (Wildman–Crippen MR) is 161 cm³/mol. The number of amides is 2. The molecule has 0 radical (unpaired) electrons. The normalized spacial score (nSPS) is 18.6. The number of aromatic nitrogens is 3. The van der Waals surface area contributed by atoms with Gasteiger partial charge in [0.25, 0.3) is 11.8 Å². The minimum Gasteiger partial charge on any atom is -0.482 e. The van der Waals surface area contributed by atoms with Gasteiger partial charge in [0.1, 0.15) is 5.75 Å². The Morgan fingerprint density at radius 3 is 2.67 bits per heavy atom. The van der Waals surface area contributed by atoms with Gasteiger partial charge in [-0.2, -0.15) is 0 Å². The maximum atomic E-state index is 14.0. The minimum absolute atomic E-state index is 0.0225. The first kappa shape index (κ1) is 28.3. The Balaban J connectivity index is 1.21. The van der Waals surface area contributed by atoms with Crippen molar-refractivity contribution in [2.75, 3.05) is 23.0 Å². The highest BCUT2D eigenvalue weighted by atomic mass is 16.5. The van der Waals surface area contributed by atoms with Crippen LogP contribution in [0.15, 0.2) is 91.1 Å². The molecule has 0 fully saturated rings. The molecule has 0 aliphatic carbocycles. The number of allylic oxidation sites excluding steroid dienone is 1. The molecule has 3 heterocycles. The fourth-order valence-corrected chi connectivity index (χ4v) is 5.74. The Hall–Kier alpha value is -4.80. The van der Waals surface area contributed by atoms with E-state index in [0.717, 1.165) is 11.3 Å². The molecule has 0 saturated carbocycles. The Labute approximate surface area is 249 Å². The average molecular weight is 580 g/mol. The zero-order valence-corrected chi connectivity index (χ0v) is 23.8. The van der Waals surface area contributed by atoms with Crippen LogP contribution in [-0.2, 0) is 34.7 Å². The number of nitrogens with zero attached hydrogens (tertiary/aromatic N) is 5. The minimum atomic E-state index is -1.73. The summed E-state index contributed by atoms with van der Waals surface area (Å²) in [5, 5.41) is 29.1. The fraction of sp³-hybridized carbons (Fsp3) is 0.273. The van der Waals surface area contributed by atoms with Gasteiger partial charge in [-0.1, -0.05) is 66.8 Å². The number of rotatable bonds is 10. The summed E-state index contributed by atoms with van der Waals surface area (Å²) in [5.74, 6) is -0.437. The predicted octanol–water partition coefficient (Wildman–Crippen LogP) is 3.89. The van der Waals surface area contributed by atoms with Crippen molar-refractivity contribution >= 4 is 28.9 Å². The van der Waals surface area contributed by atoms with Gasteiger partial charge in [-0.3, -0.25) is 19.2 Å². The summed E-state index contributed by atoms with van der Waals surface area (Å²) < 4.78 is 7.31. The number of hydrogen-bond donors (Lipinski definition) is 2. The Morgan fingerprint density at radius 2 is 1.84 bits per heavy atom. The number of aliphatic hydroxyl groups excluding tert-OH is 1. The summed E-state index contributed by atoms with van der Waals surface area (Å²) in [5.41, 5.74) is 2.39. The number of hydrogen-bond acceptors (Lipinski definition) is 7. The van der Waals surface area contributed by atoms with Gasteiger partial charge in [-0.15, -0.1) is 5.10 Å². The third kappa shape index (κ3) is 5.31. The van der Waals surface area contributed by atoms with Crippen LogP contribution in [-0.4, -0.2) is 50.2 Å². The summed E-state index contributed by atoms with van der Waals surface area (Å²) in [6.45, 7) is 2.62. The molecular formula is C33H33N5O5. The van der Waals surface area contributed by atoms with E-state index in [1.165, 1.54) is 0 Å². The number of fused-ring (bicyclic) bond motifs is 2. The second-order valence-electron chi connectivity index (χ2n) is 10.8. The van der Waals surface area contributed by atoms with Crippen molar-refractivity contribution in [1.82, 2.24) is 15.0 Å². The smallest absolute Gasteiger partial charge is 0.269 e. The largest absolute Gasteiger partial charge is 0.482 e. The van der Waals surface area contributed by atoms with Crippen LogP contribution in [0.4, 0.5) is 17.1 Å². The standard InChI is InChI=1S/C33H33N5O5/c1-23(9-6-7-17-36-21-25(16-18-39)34-35-36)33(42)27-12-2-3-13-28(27)37(32(33)41)20-24-10-8-11-26(19-24)38-29-14-4-5-15-30(29)43-22-31(38)40/h2-6,8-15,19,21,23,39,42H,7,16-18,20,22H2,1H3/b9-6+/t23-,33+/m1/s1. The zero-order valence-electron chi connectivity index (χ0n) is 23.8. The third-order valence-corrected chi connectivity index (χ3v) is 7.96. The molecule has 0 unspecified atom stereocenters. The molecule has 220 valence electrons. The van der Waals surface area contributed by atoms with Crippen LogP contribution in [0.3, 0.4) is 0 Å². The highest BCUT2D eigenvalue weighted by Gasteiger charge is 2.52. The maximum absolute atomic E-state index is 14.0. The monoisotopic (exact) mass is 579 g/mol. The van der Waals surface area contributed by atoms with Crippen LogP contribution >= 0.6 is 0 Å². The van der Waals surface area contributed by atoms with Gasteiger partial charge < -0.3 is 19.8 Å². The molecule has 2 atom stereocenters. The van der Waals surface area contributed by atoms with Crippen molar-refractivity contribution in [3.8, 4) is 5.75 Å². The molecule has 2 aliphatic heterocycles. The van der Waals surface area contributed by atoms with E-state index in [4.69, 9.17) is 9.84 Å². The van der Waals surface area contributed by atoms with Gasteiger partial charge in [0.15, 0.2) is 12.2 Å². The second-order valence-corrected chi connectivity index (χ2v) is 10.8. The molecule has 10 heteroatoms. The summed E-state index contributed by atoms with van der Waals surface area (Å²) in [4.78, 5) is 30.1. The molecule has 1 aromatic heterocycles. The highest BCUT2D eigenvalue weighted by Crippen LogP contribution is 2.46. The number of carbonyl (C=O) groups excluding carboxylic acids is 2. The van der Waals surface area contributed by atoms with Crippen LogP contribution in [0.1, 0.15) is 30.2 Å². The van der Waals surface area contributed by atoms with Crippen molar-refractivity contribution in [2.24, 2.45) is 5.92 Å². The molecule has 3 aromatic carbocycles. The lowest BCUT2D eigenvalue weighted by molar-refractivity contribution is -0.139. The first-order valence-corrected chi connectivity index (χ1v) is 14.3. The molecule has 0 saturated heterocycles. The van der Waals surface area contributed by atoms with E-state index in [1.54, 1.807) is 26.7 Å². The van der Waals surface area contributed by atoms with Crippen LogP contribution in [0.2, 0.25) is 0 Å². The molecule has 2 N–H and O–H groups in total. The highest BCUT2D eigenvalue weighted by molar-refractivity contribution is 6.07. The van der Waals surface area contributed by atoms with E-state index < -0.39 is 17.4 Å². The second kappa shape index (κ2) is 11.8. The number of ether oxygens (including phenoxy) is 1. The molecular weight excluding hydrogens is 546 g/mol. The van der Waals surface area contributed by atoms with E-state index in [2.05, 4.69) is 10.3 Å². The number of aryl methyl sites for hydroxylation is 1. The quantitative estimate of drug-likeness (QED) is 0.274. The molecule has 6 rings (SSSR count). The lowest BCUT2D eigenvalue weighted by Gasteiger charge is -2.30. The van der Waals surface area contributed by atoms with Crippen molar-refractivity contribution in [1.29, 1.82) is 0 Å². The molecule has 4 aromatic rings. The van der Waals surface area contributed by atoms with E-state index >= 15 is 0 Å². The summed E-state index contributed by atoms with van der Waals surface area (Å²) >= 11 is 0. The zero-order chi connectivity index (χ0) is 30.0. The number of carbonyl (C=O) groups is 2. The summed E-state index contributed by atoms with van der Waals surface area (Å²) in [7, 11) is 0. The lowest BCUT2D eigenvalue weighted by Crippen LogP contribution is -2.44. The molecule has 0 bridgehead atoms. The van der Waals surface area contributed by atoms with Crippen molar-refractivity contribution in [2.45, 2.75) is 38.5 Å². The van der Waals surface area contributed by atoms with Gasteiger partial charge in [0.05, 0.1) is 23.6 Å². The van der Waals surface area contributed by atoms with E-state index in [0.29, 0.717) is 47.8 Å². The first-order chi connectivity index (χ1) is 20.9. The maximum Gasteiger partial charge on any atom is 0.269 e. The van der Waals surface area contributed by atoms with Crippen LogP contribution in [0, 0.1) is 5.92 Å². The lowest BCUT2D eigenvalue weighted by atomic mass is 9.83. The molecule has 2 amide bonds. The summed E-state index contributed by atoms with van der Waals surface area (Å²) in [6.07, 6.45) is 6.71. The van der Waals surface area contributed by atoms with Gasteiger partial charge >= 0.3 is 0 Å².